The first-order chi connectivity index (χ1) is 14.4. The van der Waals surface area contributed by atoms with E-state index in [9.17, 15) is 4.79 Å². The molecule has 1 N–H and O–H groups in total. The zero-order valence-electron chi connectivity index (χ0n) is 17.6. The van der Waals surface area contributed by atoms with Crippen molar-refractivity contribution in [2.45, 2.75) is 34.1 Å². The summed E-state index contributed by atoms with van der Waals surface area (Å²) in [5, 5.41) is 8.38. The highest BCUT2D eigenvalue weighted by Crippen LogP contribution is 2.26. The summed E-state index contributed by atoms with van der Waals surface area (Å²) in [6, 6.07) is 18.1. The second-order valence-corrected chi connectivity index (χ2v) is 8.43. The number of hydrogen-bond acceptors (Lipinski definition) is 4. The van der Waals surface area contributed by atoms with E-state index < -0.39 is 0 Å². The molecule has 0 unspecified atom stereocenters. The molecule has 152 valence electrons. The van der Waals surface area contributed by atoms with Crippen LogP contribution in [-0.4, -0.2) is 20.7 Å². The maximum atomic E-state index is 12.8. The molecule has 6 heteroatoms. The second kappa shape index (κ2) is 8.24. The van der Waals surface area contributed by atoms with E-state index in [0.717, 1.165) is 29.1 Å². The third-order valence-corrected chi connectivity index (χ3v) is 6.28. The van der Waals surface area contributed by atoms with Crippen molar-refractivity contribution in [3.63, 3.8) is 0 Å². The number of aryl methyl sites for hydroxylation is 3. The summed E-state index contributed by atoms with van der Waals surface area (Å²) in [5.74, 6) is -0.147. The van der Waals surface area contributed by atoms with Crippen LogP contribution in [0.1, 0.15) is 43.4 Å². The van der Waals surface area contributed by atoms with Crippen LogP contribution in [0.4, 0.5) is 5.69 Å². The van der Waals surface area contributed by atoms with Gasteiger partial charge in [-0.05, 0) is 45.4 Å². The quantitative estimate of drug-likeness (QED) is 0.473. The lowest BCUT2D eigenvalue weighted by atomic mass is 10.0. The largest absolute Gasteiger partial charge is 0.321 e. The first kappa shape index (κ1) is 20.0. The zero-order valence-corrected chi connectivity index (χ0v) is 18.4. The average Bonchev–Trinajstić information content (AvgIpc) is 3.25. The van der Waals surface area contributed by atoms with E-state index in [1.165, 1.54) is 22.5 Å². The molecule has 0 aliphatic heterocycles. The Bertz CT molecular complexity index is 1190. The molecule has 2 aromatic heterocycles. The lowest BCUT2D eigenvalue weighted by molar-refractivity contribution is 0.103. The molecule has 0 saturated carbocycles. The van der Waals surface area contributed by atoms with Gasteiger partial charge in [0.2, 0.25) is 5.13 Å². The number of rotatable bonds is 5. The molecule has 1 amide bonds. The third-order valence-electron chi connectivity index (χ3n) is 5.15. The van der Waals surface area contributed by atoms with Crippen molar-refractivity contribution >= 4 is 22.9 Å². The molecule has 4 aromatic rings. The highest BCUT2D eigenvalue weighted by Gasteiger charge is 2.20. The number of nitrogens with zero attached hydrogens (tertiary/aromatic N) is 3. The molecule has 0 atom stereocenters. The van der Waals surface area contributed by atoms with E-state index in [0.29, 0.717) is 15.7 Å². The van der Waals surface area contributed by atoms with Crippen LogP contribution in [0.2, 0.25) is 0 Å². The van der Waals surface area contributed by atoms with Crippen LogP contribution in [0.3, 0.4) is 0 Å². The lowest BCUT2D eigenvalue weighted by Gasteiger charge is -2.04. The number of anilines is 1. The van der Waals surface area contributed by atoms with Gasteiger partial charge in [0.15, 0.2) is 0 Å². The van der Waals surface area contributed by atoms with Crippen molar-refractivity contribution in [2.24, 2.45) is 0 Å². The fraction of sp³-hybridized carbons (Fsp3) is 0.208. The lowest BCUT2D eigenvalue weighted by Crippen LogP contribution is -2.11. The van der Waals surface area contributed by atoms with Gasteiger partial charge in [-0.2, -0.15) is 5.10 Å². The van der Waals surface area contributed by atoms with E-state index >= 15 is 0 Å². The maximum absolute atomic E-state index is 12.8. The summed E-state index contributed by atoms with van der Waals surface area (Å²) in [7, 11) is 0. The van der Waals surface area contributed by atoms with E-state index in [-0.39, 0.29) is 5.91 Å². The predicted molar refractivity (Wildman–Crippen MR) is 122 cm³/mol. The number of benzene rings is 2. The minimum Gasteiger partial charge on any atom is -0.321 e. The van der Waals surface area contributed by atoms with Gasteiger partial charge in [0, 0.05) is 23.4 Å². The average molecular weight is 417 g/mol. The van der Waals surface area contributed by atoms with Crippen LogP contribution in [0.15, 0.2) is 54.6 Å². The number of carbonyl (C=O) groups excluding carboxylic acids is 1. The monoisotopic (exact) mass is 416 g/mol. The molecule has 5 nitrogen and oxygen atoms in total. The van der Waals surface area contributed by atoms with Crippen molar-refractivity contribution in [1.29, 1.82) is 0 Å². The summed E-state index contributed by atoms with van der Waals surface area (Å²) in [5.41, 5.74) is 7.11. The fourth-order valence-corrected chi connectivity index (χ4v) is 4.39. The maximum Gasteiger partial charge on any atom is 0.267 e. The minimum absolute atomic E-state index is 0.147. The molecule has 0 saturated heterocycles. The van der Waals surface area contributed by atoms with Crippen molar-refractivity contribution in [1.82, 2.24) is 14.8 Å². The zero-order chi connectivity index (χ0) is 21.3. The first-order valence-electron chi connectivity index (χ1n) is 9.87. The summed E-state index contributed by atoms with van der Waals surface area (Å²) in [6.45, 7) is 7.96. The molecule has 0 radical (unpaired) electrons. The van der Waals surface area contributed by atoms with Crippen LogP contribution in [0.5, 0.6) is 0 Å². The number of amides is 1. The van der Waals surface area contributed by atoms with E-state index in [2.05, 4.69) is 29.4 Å². The molecule has 0 spiro atoms. The van der Waals surface area contributed by atoms with Crippen molar-refractivity contribution in [2.75, 3.05) is 5.32 Å². The molecule has 0 aliphatic rings. The van der Waals surface area contributed by atoms with Crippen molar-refractivity contribution < 1.29 is 4.79 Å². The van der Waals surface area contributed by atoms with Crippen molar-refractivity contribution in [3.05, 3.63) is 93.2 Å². The van der Waals surface area contributed by atoms with E-state index in [4.69, 9.17) is 5.10 Å². The van der Waals surface area contributed by atoms with Crippen LogP contribution in [0, 0.1) is 27.7 Å². The Morgan fingerprint density at radius 1 is 0.967 bits per heavy atom. The Hall–Kier alpha value is -3.25. The van der Waals surface area contributed by atoms with Gasteiger partial charge >= 0.3 is 0 Å². The van der Waals surface area contributed by atoms with Crippen LogP contribution < -0.4 is 5.32 Å². The predicted octanol–water partition coefficient (Wildman–Crippen LogP) is 5.41. The summed E-state index contributed by atoms with van der Waals surface area (Å²) < 4.78 is 1.86. The minimum atomic E-state index is -0.147. The number of thiazole rings is 1. The molecule has 0 bridgehead atoms. The van der Waals surface area contributed by atoms with E-state index in [1.807, 2.05) is 67.9 Å². The van der Waals surface area contributed by atoms with Crippen LogP contribution >= 0.6 is 11.3 Å². The number of carbonyl (C=O) groups is 1. The fourth-order valence-electron chi connectivity index (χ4n) is 3.43. The topological polar surface area (TPSA) is 59.8 Å². The van der Waals surface area contributed by atoms with Crippen LogP contribution in [0.25, 0.3) is 5.13 Å². The molecule has 2 aromatic carbocycles. The van der Waals surface area contributed by atoms with Crippen molar-refractivity contribution in [3.8, 4) is 5.13 Å². The Morgan fingerprint density at radius 2 is 1.67 bits per heavy atom. The second-order valence-electron chi connectivity index (χ2n) is 7.45. The molecule has 0 fully saturated rings. The molecular weight excluding hydrogens is 392 g/mol. The number of aromatic nitrogens is 3. The molecule has 0 aliphatic carbocycles. The number of nitrogens with one attached hydrogen (secondary N) is 1. The van der Waals surface area contributed by atoms with Gasteiger partial charge in [0.25, 0.3) is 5.91 Å². The Balaban J connectivity index is 1.60. The molecular formula is C24H24N4OS. The van der Waals surface area contributed by atoms with Gasteiger partial charge in [-0.1, -0.05) is 59.4 Å². The SMILES string of the molecule is Cc1ccc(NC(=O)c2sc(-n3nc(C)c(Cc4ccccc4)c3C)nc2C)cc1. The highest BCUT2D eigenvalue weighted by atomic mass is 32.1. The van der Waals surface area contributed by atoms with Gasteiger partial charge in [0.05, 0.1) is 11.4 Å². The van der Waals surface area contributed by atoms with Gasteiger partial charge in [-0.25, -0.2) is 9.67 Å². The van der Waals surface area contributed by atoms with E-state index in [1.54, 1.807) is 0 Å². The smallest absolute Gasteiger partial charge is 0.267 e. The Labute approximate surface area is 180 Å². The standard InChI is InChI=1S/C24H24N4OS/c1-15-10-12-20(13-11-15)26-23(29)22-17(3)25-24(30-22)28-18(4)21(16(2)27-28)14-19-8-6-5-7-9-19/h5-13H,14H2,1-4H3,(H,26,29). The highest BCUT2D eigenvalue weighted by molar-refractivity contribution is 7.16. The summed E-state index contributed by atoms with van der Waals surface area (Å²) >= 11 is 1.36. The van der Waals surface area contributed by atoms with Gasteiger partial charge in [0.1, 0.15) is 4.88 Å². The van der Waals surface area contributed by atoms with Gasteiger partial charge < -0.3 is 5.32 Å². The Kier molecular flexibility index (Phi) is 5.50. The molecule has 2 heterocycles. The normalized spacial score (nSPS) is 10.9. The van der Waals surface area contributed by atoms with Gasteiger partial charge in [-0.15, -0.1) is 0 Å². The van der Waals surface area contributed by atoms with Crippen LogP contribution in [-0.2, 0) is 6.42 Å². The van der Waals surface area contributed by atoms with Gasteiger partial charge in [-0.3, -0.25) is 4.79 Å². The number of hydrogen-bond donors (Lipinski definition) is 1. The summed E-state index contributed by atoms with van der Waals surface area (Å²) in [4.78, 5) is 18.0. The Morgan fingerprint density at radius 3 is 2.37 bits per heavy atom. The molecule has 4 rings (SSSR count). The molecule has 30 heavy (non-hydrogen) atoms. The first-order valence-corrected chi connectivity index (χ1v) is 10.7. The summed E-state index contributed by atoms with van der Waals surface area (Å²) in [6.07, 6.45) is 0.823. The third kappa shape index (κ3) is 4.04.